The van der Waals surface area contributed by atoms with Crippen molar-refractivity contribution in [3.63, 3.8) is 0 Å². The van der Waals surface area contributed by atoms with E-state index in [1.807, 2.05) is 0 Å². The Kier molecular flexibility index (Phi) is 8.58. The van der Waals surface area contributed by atoms with E-state index in [9.17, 15) is 24.9 Å². The molecule has 282 valence electrons. The van der Waals surface area contributed by atoms with Crippen LogP contribution in [0.3, 0.4) is 0 Å². The lowest BCUT2D eigenvalue weighted by Gasteiger charge is -2.62. The van der Waals surface area contributed by atoms with Crippen molar-refractivity contribution in [2.24, 2.45) is 50.7 Å². The lowest BCUT2D eigenvalue weighted by atomic mass is 9.41. The summed E-state index contributed by atoms with van der Waals surface area (Å²) in [5, 5.41) is 31.9. The van der Waals surface area contributed by atoms with Crippen molar-refractivity contribution in [1.29, 1.82) is 0 Å². The monoisotopic (exact) mass is 704 g/mol. The zero-order valence-electron chi connectivity index (χ0n) is 31.4. The van der Waals surface area contributed by atoms with Crippen LogP contribution in [0.15, 0.2) is 0 Å². The highest BCUT2D eigenvalue weighted by Crippen LogP contribution is 2.89. The van der Waals surface area contributed by atoms with E-state index in [2.05, 4.69) is 34.6 Å². The number of fused-ring (bicyclic) bond motifs is 4. The maximum Gasteiger partial charge on any atom is 0.303 e. The smallest absolute Gasteiger partial charge is 0.303 e. The molecule has 0 radical (unpaired) electrons. The van der Waals surface area contributed by atoms with Crippen LogP contribution in [0.4, 0.5) is 0 Å². The molecule has 0 aromatic carbocycles. The molecule has 5 saturated carbocycles. The molecule has 2 heterocycles. The average molecular weight is 705 g/mol. The first kappa shape index (κ1) is 36.7. The number of hydrogen-bond acceptors (Lipinski definition) is 11. The molecule has 7 rings (SSSR count). The number of hydrogen-bond donors (Lipinski definition) is 3. The van der Waals surface area contributed by atoms with Crippen molar-refractivity contribution in [1.82, 2.24) is 0 Å². The van der Waals surface area contributed by atoms with Gasteiger partial charge in [0.25, 0.3) is 0 Å². The molecular formula is C39H60O11. The van der Waals surface area contributed by atoms with Crippen molar-refractivity contribution in [2.75, 3.05) is 6.61 Å². The van der Waals surface area contributed by atoms with Gasteiger partial charge >= 0.3 is 11.9 Å². The Morgan fingerprint density at radius 3 is 2.26 bits per heavy atom. The van der Waals surface area contributed by atoms with E-state index < -0.39 is 65.9 Å². The Labute approximate surface area is 296 Å². The van der Waals surface area contributed by atoms with Gasteiger partial charge in [-0.25, -0.2) is 0 Å². The molecule has 0 unspecified atom stereocenters. The van der Waals surface area contributed by atoms with Crippen LogP contribution in [-0.2, 0) is 38.1 Å². The third-order valence-corrected chi connectivity index (χ3v) is 15.9. The Morgan fingerprint density at radius 2 is 1.62 bits per heavy atom. The van der Waals surface area contributed by atoms with Crippen LogP contribution < -0.4 is 0 Å². The van der Waals surface area contributed by atoms with E-state index in [1.165, 1.54) is 13.8 Å². The second-order valence-electron chi connectivity index (χ2n) is 19.0. The van der Waals surface area contributed by atoms with Crippen molar-refractivity contribution < 1.29 is 53.4 Å². The first-order valence-corrected chi connectivity index (χ1v) is 19.1. The zero-order valence-corrected chi connectivity index (χ0v) is 31.4. The number of carbonyl (C=O) groups excluding carboxylic acids is 3. The quantitative estimate of drug-likeness (QED) is 0.270. The van der Waals surface area contributed by atoms with E-state index in [-0.39, 0.29) is 57.9 Å². The van der Waals surface area contributed by atoms with Crippen LogP contribution in [-0.4, -0.2) is 94.3 Å². The average Bonchev–Trinajstić information content (AvgIpc) is 3.64. The van der Waals surface area contributed by atoms with Crippen LogP contribution in [0.25, 0.3) is 0 Å². The molecule has 16 atom stereocenters. The second kappa shape index (κ2) is 11.7. The number of ketones is 1. The third kappa shape index (κ3) is 4.91. The number of aliphatic hydroxyl groups excluding tert-OH is 2. The zero-order chi connectivity index (χ0) is 36.6. The summed E-state index contributed by atoms with van der Waals surface area (Å²) < 4.78 is 30.2. The maximum absolute atomic E-state index is 15.0. The number of carbonyl (C=O) groups is 3. The number of esters is 2. The third-order valence-electron chi connectivity index (χ3n) is 15.9. The largest absolute Gasteiger partial charge is 0.457 e. The minimum atomic E-state index is -1.32. The summed E-state index contributed by atoms with van der Waals surface area (Å²) in [4.78, 5) is 39.0. The lowest BCUT2D eigenvalue weighted by Crippen LogP contribution is -2.61. The summed E-state index contributed by atoms with van der Waals surface area (Å²) in [6.45, 7) is 17.1. The van der Waals surface area contributed by atoms with E-state index in [0.717, 1.165) is 44.9 Å². The van der Waals surface area contributed by atoms with Crippen molar-refractivity contribution >= 4 is 17.7 Å². The fourth-order valence-corrected chi connectivity index (χ4v) is 13.7. The minimum Gasteiger partial charge on any atom is -0.457 e. The van der Waals surface area contributed by atoms with Gasteiger partial charge in [0.15, 0.2) is 24.3 Å². The van der Waals surface area contributed by atoms with E-state index in [0.29, 0.717) is 12.3 Å². The fourth-order valence-electron chi connectivity index (χ4n) is 13.7. The van der Waals surface area contributed by atoms with Gasteiger partial charge in [0.1, 0.15) is 18.3 Å². The molecule has 0 aromatic rings. The first-order valence-electron chi connectivity index (χ1n) is 19.1. The van der Waals surface area contributed by atoms with Gasteiger partial charge in [-0.3, -0.25) is 14.4 Å². The van der Waals surface area contributed by atoms with Gasteiger partial charge < -0.3 is 39.0 Å². The number of rotatable bonds is 6. The van der Waals surface area contributed by atoms with Crippen LogP contribution in [0.5, 0.6) is 0 Å². The topological polar surface area (TPSA) is 158 Å². The van der Waals surface area contributed by atoms with E-state index >= 15 is 4.79 Å². The van der Waals surface area contributed by atoms with E-state index in [4.69, 9.17) is 23.7 Å². The van der Waals surface area contributed by atoms with Crippen LogP contribution in [0.1, 0.15) is 114 Å². The molecule has 0 aromatic heterocycles. The molecule has 50 heavy (non-hydrogen) atoms. The van der Waals surface area contributed by atoms with Crippen molar-refractivity contribution in [3.05, 3.63) is 0 Å². The highest BCUT2D eigenvalue weighted by Gasteiger charge is 2.85. The Balaban J connectivity index is 1.14. The maximum atomic E-state index is 15.0. The number of aliphatic hydroxyl groups is 3. The van der Waals surface area contributed by atoms with Crippen LogP contribution in [0.2, 0.25) is 0 Å². The molecule has 3 N–H and O–H groups in total. The van der Waals surface area contributed by atoms with Gasteiger partial charge in [-0.1, -0.05) is 34.6 Å². The number of ether oxygens (including phenoxy) is 5. The van der Waals surface area contributed by atoms with Crippen LogP contribution in [0, 0.1) is 50.7 Å². The molecule has 11 heteroatoms. The molecule has 11 nitrogen and oxygen atoms in total. The Hall–Kier alpha value is -1.63. The van der Waals surface area contributed by atoms with Gasteiger partial charge in [0.05, 0.1) is 24.4 Å². The molecule has 7 aliphatic rings. The van der Waals surface area contributed by atoms with Crippen LogP contribution >= 0.6 is 0 Å². The molecule has 7 fully saturated rings. The van der Waals surface area contributed by atoms with Crippen molar-refractivity contribution in [2.45, 2.75) is 168 Å². The van der Waals surface area contributed by atoms with Gasteiger partial charge in [0.2, 0.25) is 0 Å². The van der Waals surface area contributed by atoms with E-state index in [1.54, 1.807) is 13.8 Å². The summed E-state index contributed by atoms with van der Waals surface area (Å²) in [7, 11) is 0. The predicted octanol–water partition coefficient (Wildman–Crippen LogP) is 4.11. The normalized spacial score (nSPS) is 51.2. The highest BCUT2D eigenvalue weighted by molar-refractivity contribution is 5.93. The summed E-state index contributed by atoms with van der Waals surface area (Å²) in [5.41, 5.74) is -2.20. The minimum absolute atomic E-state index is 0.0518. The van der Waals surface area contributed by atoms with Gasteiger partial charge in [-0.15, -0.1) is 0 Å². The Bertz CT molecular complexity index is 1410. The molecule has 2 aliphatic heterocycles. The SMILES string of the molecule is CC(=O)O[C@H]1[C@H](O[C@H]2CC[C@]34C[C@@]35CC[C@]3(C)[C@H]6[C@H](C)C[C@H]([C@H](OC(C)=O)C(C)(C)O)O[C@H]6C(=O)[C@@]3(C)[C@@H]5CC[C@H]4C2(C)C)OC[C@H](O)[C@@H]1O. The highest BCUT2D eigenvalue weighted by atomic mass is 16.7. The second-order valence-corrected chi connectivity index (χ2v) is 19.0. The predicted molar refractivity (Wildman–Crippen MR) is 179 cm³/mol. The molecular weight excluding hydrogens is 644 g/mol. The number of Topliss-reactive ketones (excluding diaryl/α,β-unsaturated/α-hetero) is 1. The standard InChI is InChI=1S/C39H60O11/c1-19-16-23(32(35(6,7)45)48-21(3)41)49-29-27(19)36(8)14-15-39-18-38(39)13-12-26(50-33-30(47-20(2)40)28(43)22(42)17-46-33)34(4,5)24(38)10-11-25(39)37(36,9)31(29)44/h19,22-30,32-33,42-43,45H,10-18H2,1-9H3/t19-,22+,23-,24+,25+,26+,27+,28+,29-,30-,32+,33+,36-,37-,38-,39-/m1/s1. The summed E-state index contributed by atoms with van der Waals surface area (Å²) in [6, 6.07) is 0. The van der Waals surface area contributed by atoms with Gasteiger partial charge in [-0.05, 0) is 105 Å². The molecule has 0 bridgehead atoms. The molecule has 5 aliphatic carbocycles. The van der Waals surface area contributed by atoms with Gasteiger partial charge in [-0.2, -0.15) is 0 Å². The fraction of sp³-hybridized carbons (Fsp3) is 0.923. The van der Waals surface area contributed by atoms with Gasteiger partial charge in [0, 0.05) is 25.2 Å². The lowest BCUT2D eigenvalue weighted by molar-refractivity contribution is -0.305. The Morgan fingerprint density at radius 1 is 0.960 bits per heavy atom. The molecule has 0 amide bonds. The van der Waals surface area contributed by atoms with Crippen molar-refractivity contribution in [3.8, 4) is 0 Å². The molecule has 2 spiro atoms. The molecule has 2 saturated heterocycles. The summed E-state index contributed by atoms with van der Waals surface area (Å²) >= 11 is 0. The summed E-state index contributed by atoms with van der Waals surface area (Å²) in [6.07, 6.45) is 0.620. The summed E-state index contributed by atoms with van der Waals surface area (Å²) in [5.74, 6) is -0.0701. The first-order chi connectivity index (χ1) is 23.2.